The van der Waals surface area contributed by atoms with Gasteiger partial charge in [-0.2, -0.15) is 0 Å². The number of hydrogen-bond donors (Lipinski definition) is 1. The third-order valence-corrected chi connectivity index (χ3v) is 2.53. The van der Waals surface area contributed by atoms with Crippen LogP contribution < -0.4 is 4.74 Å². The van der Waals surface area contributed by atoms with E-state index < -0.39 is 0 Å². The molecule has 0 bridgehead atoms. The summed E-state index contributed by atoms with van der Waals surface area (Å²) in [6.07, 6.45) is 4.36. The second kappa shape index (κ2) is 2.79. The fraction of sp³-hybridized carbons (Fsp3) is 0.636. The maximum absolute atomic E-state index is 5.69. The number of rotatable bonds is 0. The van der Waals surface area contributed by atoms with E-state index in [1.54, 1.807) is 0 Å². The van der Waals surface area contributed by atoms with Crippen LogP contribution in [0.2, 0.25) is 0 Å². The topological polar surface area (TPSA) is 25.0 Å². The van der Waals surface area contributed by atoms with Crippen molar-refractivity contribution in [2.24, 2.45) is 0 Å². The lowest BCUT2D eigenvalue weighted by molar-refractivity contribution is 0.281. The Balaban J connectivity index is 2.43. The van der Waals surface area contributed by atoms with Gasteiger partial charge >= 0.3 is 0 Å². The smallest absolute Gasteiger partial charge is 0.143 e. The summed E-state index contributed by atoms with van der Waals surface area (Å²) in [5.41, 5.74) is 2.76. The highest BCUT2D eigenvalue weighted by atomic mass is 16.5. The first-order valence-corrected chi connectivity index (χ1v) is 4.92. The van der Waals surface area contributed by atoms with Gasteiger partial charge in [-0.3, -0.25) is 0 Å². The Morgan fingerprint density at radius 2 is 2.15 bits per heavy atom. The van der Waals surface area contributed by atoms with E-state index in [-0.39, 0.29) is 5.41 Å². The molecule has 0 saturated carbocycles. The lowest BCUT2D eigenvalue weighted by atomic mass is 9.88. The number of ether oxygens (including phenoxy) is 1. The van der Waals surface area contributed by atoms with Crippen molar-refractivity contribution >= 4 is 0 Å². The van der Waals surface area contributed by atoms with E-state index in [4.69, 9.17) is 4.74 Å². The first kappa shape index (κ1) is 8.67. The Bertz CT molecular complexity index is 306. The molecule has 0 amide bonds. The number of aromatic amines is 1. The maximum atomic E-state index is 5.69. The third-order valence-electron chi connectivity index (χ3n) is 2.53. The summed E-state index contributed by atoms with van der Waals surface area (Å²) in [6, 6.07) is 0. The molecule has 2 heterocycles. The van der Waals surface area contributed by atoms with Gasteiger partial charge in [-0.25, -0.2) is 0 Å². The van der Waals surface area contributed by atoms with Gasteiger partial charge in [0.05, 0.1) is 12.3 Å². The molecule has 0 saturated heterocycles. The van der Waals surface area contributed by atoms with Crippen molar-refractivity contribution < 1.29 is 4.74 Å². The summed E-state index contributed by atoms with van der Waals surface area (Å²) in [7, 11) is 0. The zero-order valence-corrected chi connectivity index (χ0v) is 8.61. The van der Waals surface area contributed by atoms with Crippen LogP contribution in [0.15, 0.2) is 6.20 Å². The van der Waals surface area contributed by atoms with Crippen molar-refractivity contribution in [3.8, 4) is 5.75 Å². The highest BCUT2D eigenvalue weighted by molar-refractivity contribution is 5.43. The molecular formula is C11H17NO. The van der Waals surface area contributed by atoms with E-state index in [0.29, 0.717) is 0 Å². The molecule has 0 unspecified atom stereocenters. The van der Waals surface area contributed by atoms with Gasteiger partial charge in [-0.1, -0.05) is 20.8 Å². The zero-order valence-electron chi connectivity index (χ0n) is 8.61. The molecule has 0 fully saturated rings. The van der Waals surface area contributed by atoms with Crippen molar-refractivity contribution in [1.82, 2.24) is 4.98 Å². The molecule has 13 heavy (non-hydrogen) atoms. The van der Waals surface area contributed by atoms with Crippen molar-refractivity contribution in [2.45, 2.75) is 39.0 Å². The van der Waals surface area contributed by atoms with Gasteiger partial charge in [-0.15, -0.1) is 0 Å². The standard InChI is InChI=1S/C11H17NO/c1-11(2,3)8-7-12-9-5-4-6-13-10(8)9/h7,12H,4-6H2,1-3H3. The Morgan fingerprint density at radius 1 is 1.38 bits per heavy atom. The molecule has 1 aliphatic rings. The molecule has 2 heteroatoms. The molecule has 0 aliphatic carbocycles. The highest BCUT2D eigenvalue weighted by Gasteiger charge is 2.24. The number of nitrogens with one attached hydrogen (secondary N) is 1. The van der Waals surface area contributed by atoms with Crippen LogP contribution in [0.4, 0.5) is 0 Å². The number of fused-ring (bicyclic) bond motifs is 1. The molecule has 0 atom stereocenters. The second-order valence-corrected chi connectivity index (χ2v) is 4.71. The Morgan fingerprint density at radius 3 is 2.85 bits per heavy atom. The fourth-order valence-corrected chi connectivity index (χ4v) is 1.78. The van der Waals surface area contributed by atoms with Gasteiger partial charge in [0, 0.05) is 11.8 Å². The first-order valence-electron chi connectivity index (χ1n) is 4.92. The molecule has 0 aromatic carbocycles. The molecule has 2 rings (SSSR count). The monoisotopic (exact) mass is 179 g/mol. The highest BCUT2D eigenvalue weighted by Crippen LogP contribution is 2.36. The van der Waals surface area contributed by atoms with E-state index in [9.17, 15) is 0 Å². The van der Waals surface area contributed by atoms with Crippen LogP contribution in [-0.4, -0.2) is 11.6 Å². The van der Waals surface area contributed by atoms with Gasteiger partial charge < -0.3 is 9.72 Å². The second-order valence-electron chi connectivity index (χ2n) is 4.71. The maximum Gasteiger partial charge on any atom is 0.143 e. The number of H-pyrrole nitrogens is 1. The van der Waals surface area contributed by atoms with E-state index in [1.807, 2.05) is 0 Å². The summed E-state index contributed by atoms with van der Waals surface area (Å²) in [5.74, 6) is 1.11. The van der Waals surface area contributed by atoms with Gasteiger partial charge in [-0.05, 0) is 18.3 Å². The first-order chi connectivity index (χ1) is 6.09. The minimum atomic E-state index is 0.182. The minimum absolute atomic E-state index is 0.182. The summed E-state index contributed by atoms with van der Waals surface area (Å²) in [5, 5.41) is 0. The van der Waals surface area contributed by atoms with E-state index in [1.165, 1.54) is 11.3 Å². The molecule has 0 radical (unpaired) electrons. The van der Waals surface area contributed by atoms with Gasteiger partial charge in [0.2, 0.25) is 0 Å². The summed E-state index contributed by atoms with van der Waals surface area (Å²) in [4.78, 5) is 3.31. The summed E-state index contributed by atoms with van der Waals surface area (Å²) in [6.45, 7) is 7.52. The van der Waals surface area contributed by atoms with Crippen LogP contribution in [0.3, 0.4) is 0 Å². The van der Waals surface area contributed by atoms with Crippen molar-refractivity contribution in [3.63, 3.8) is 0 Å². The quantitative estimate of drug-likeness (QED) is 0.650. The Labute approximate surface area is 79.3 Å². The van der Waals surface area contributed by atoms with Crippen molar-refractivity contribution in [2.75, 3.05) is 6.61 Å². The van der Waals surface area contributed by atoms with Crippen LogP contribution in [-0.2, 0) is 11.8 Å². The Hall–Kier alpha value is -0.920. The summed E-state index contributed by atoms with van der Waals surface area (Å²) >= 11 is 0. The molecular weight excluding hydrogens is 162 g/mol. The normalized spacial score (nSPS) is 16.5. The summed E-state index contributed by atoms with van der Waals surface area (Å²) < 4.78 is 5.69. The van der Waals surface area contributed by atoms with Crippen LogP contribution in [0.1, 0.15) is 38.4 Å². The van der Waals surface area contributed by atoms with Gasteiger partial charge in [0.1, 0.15) is 5.75 Å². The van der Waals surface area contributed by atoms with Crippen molar-refractivity contribution in [1.29, 1.82) is 0 Å². The van der Waals surface area contributed by atoms with Crippen LogP contribution in [0, 0.1) is 0 Å². The van der Waals surface area contributed by atoms with E-state index >= 15 is 0 Å². The SMILES string of the molecule is CC(C)(C)c1c[nH]c2c1OCCC2. The van der Waals surface area contributed by atoms with E-state index in [0.717, 1.165) is 25.2 Å². The lowest BCUT2D eigenvalue weighted by Gasteiger charge is -2.22. The molecule has 0 spiro atoms. The number of hydrogen-bond acceptors (Lipinski definition) is 1. The predicted octanol–water partition coefficient (Wildman–Crippen LogP) is 2.64. The zero-order chi connectivity index (χ0) is 9.47. The van der Waals surface area contributed by atoms with Crippen LogP contribution in [0.25, 0.3) is 0 Å². The largest absolute Gasteiger partial charge is 0.491 e. The Kier molecular flexibility index (Phi) is 1.86. The molecule has 1 aromatic heterocycles. The molecule has 1 aliphatic heterocycles. The van der Waals surface area contributed by atoms with Gasteiger partial charge in [0.15, 0.2) is 0 Å². The van der Waals surface area contributed by atoms with Crippen LogP contribution in [0.5, 0.6) is 5.75 Å². The average Bonchev–Trinajstić information content (AvgIpc) is 2.45. The number of aryl methyl sites for hydroxylation is 1. The predicted molar refractivity (Wildman–Crippen MR) is 53.3 cm³/mol. The minimum Gasteiger partial charge on any atom is -0.491 e. The van der Waals surface area contributed by atoms with Crippen LogP contribution >= 0.6 is 0 Å². The fourth-order valence-electron chi connectivity index (χ4n) is 1.78. The molecule has 72 valence electrons. The number of aromatic nitrogens is 1. The van der Waals surface area contributed by atoms with E-state index in [2.05, 4.69) is 32.0 Å². The molecule has 1 aromatic rings. The molecule has 1 N–H and O–H groups in total. The lowest BCUT2D eigenvalue weighted by Crippen LogP contribution is -2.14. The molecule has 2 nitrogen and oxygen atoms in total. The third kappa shape index (κ3) is 1.45. The van der Waals surface area contributed by atoms with Crippen molar-refractivity contribution in [3.05, 3.63) is 17.5 Å². The average molecular weight is 179 g/mol. The van der Waals surface area contributed by atoms with Gasteiger partial charge in [0.25, 0.3) is 0 Å².